The first kappa shape index (κ1) is 21.7. The molecule has 0 aliphatic carbocycles. The van der Waals surface area contributed by atoms with E-state index in [9.17, 15) is 19.2 Å². The van der Waals surface area contributed by atoms with Gasteiger partial charge in [-0.1, -0.05) is 18.2 Å². The summed E-state index contributed by atoms with van der Waals surface area (Å²) in [6.45, 7) is 2.32. The predicted octanol–water partition coefficient (Wildman–Crippen LogP) is 1.92. The van der Waals surface area contributed by atoms with E-state index in [1.165, 1.54) is 0 Å². The van der Waals surface area contributed by atoms with Crippen molar-refractivity contribution in [3.05, 3.63) is 35.4 Å². The van der Waals surface area contributed by atoms with Gasteiger partial charge in [0.2, 0.25) is 23.6 Å². The third-order valence-electron chi connectivity index (χ3n) is 7.65. The Bertz CT molecular complexity index is 1010. The molecule has 4 aliphatic rings. The number of para-hydroxylation sites is 1. The van der Waals surface area contributed by atoms with Gasteiger partial charge in [0.25, 0.3) is 0 Å². The molecule has 174 valence electrons. The maximum Gasteiger partial charge on any atom is 0.250 e. The van der Waals surface area contributed by atoms with Crippen molar-refractivity contribution in [2.75, 3.05) is 31.5 Å². The van der Waals surface area contributed by atoms with E-state index in [-0.39, 0.29) is 41.5 Å². The zero-order valence-electron chi connectivity index (χ0n) is 18.8. The van der Waals surface area contributed by atoms with Crippen LogP contribution < -0.4 is 10.6 Å². The Kier molecular flexibility index (Phi) is 5.68. The third kappa shape index (κ3) is 4.14. The highest BCUT2D eigenvalue weighted by atomic mass is 16.2. The molecule has 1 unspecified atom stereocenters. The van der Waals surface area contributed by atoms with Gasteiger partial charge in [-0.3, -0.25) is 19.2 Å². The molecule has 0 bridgehead atoms. The fraction of sp³-hybridized carbons (Fsp3) is 0.520. The molecule has 0 aromatic heterocycles. The zero-order chi connectivity index (χ0) is 23.0. The summed E-state index contributed by atoms with van der Waals surface area (Å²) in [4.78, 5) is 54.3. The molecule has 1 atom stereocenters. The van der Waals surface area contributed by atoms with Crippen molar-refractivity contribution < 1.29 is 19.2 Å². The van der Waals surface area contributed by atoms with Crippen molar-refractivity contribution in [2.24, 2.45) is 5.92 Å². The summed E-state index contributed by atoms with van der Waals surface area (Å²) < 4.78 is 0. The smallest absolute Gasteiger partial charge is 0.250 e. The molecule has 33 heavy (non-hydrogen) atoms. The molecule has 0 saturated carbocycles. The molecule has 2 N–H and O–H groups in total. The van der Waals surface area contributed by atoms with E-state index in [1.807, 2.05) is 40.1 Å². The topological polar surface area (TPSA) is 98.8 Å². The van der Waals surface area contributed by atoms with Crippen molar-refractivity contribution in [3.8, 4) is 0 Å². The molecular weight excluding hydrogens is 420 g/mol. The normalized spacial score (nSPS) is 24.5. The molecule has 0 radical (unpaired) electrons. The molecule has 3 fully saturated rings. The molecule has 4 amide bonds. The summed E-state index contributed by atoms with van der Waals surface area (Å²) >= 11 is 0. The summed E-state index contributed by atoms with van der Waals surface area (Å²) in [6, 6.07) is 7.49. The Balaban J connectivity index is 1.27. The van der Waals surface area contributed by atoms with Crippen molar-refractivity contribution >= 4 is 35.4 Å². The van der Waals surface area contributed by atoms with E-state index in [4.69, 9.17) is 0 Å². The third-order valence-corrected chi connectivity index (χ3v) is 7.65. The zero-order valence-corrected chi connectivity index (χ0v) is 18.8. The summed E-state index contributed by atoms with van der Waals surface area (Å²) in [5, 5.41) is 5.69. The minimum absolute atomic E-state index is 0.0196. The van der Waals surface area contributed by atoms with Gasteiger partial charge in [-0.05, 0) is 49.8 Å². The molecule has 1 aromatic rings. The molecule has 8 heteroatoms. The van der Waals surface area contributed by atoms with Gasteiger partial charge in [-0.15, -0.1) is 0 Å². The van der Waals surface area contributed by atoms with Crippen LogP contribution in [0.4, 0.5) is 5.69 Å². The fourth-order valence-corrected chi connectivity index (χ4v) is 5.78. The van der Waals surface area contributed by atoms with E-state index >= 15 is 0 Å². The Morgan fingerprint density at radius 2 is 1.79 bits per heavy atom. The lowest BCUT2D eigenvalue weighted by Gasteiger charge is -2.46. The maximum atomic E-state index is 13.3. The van der Waals surface area contributed by atoms with Crippen molar-refractivity contribution in [2.45, 2.75) is 50.5 Å². The maximum absolute atomic E-state index is 13.3. The van der Waals surface area contributed by atoms with Crippen LogP contribution in [-0.4, -0.2) is 65.1 Å². The Hall–Kier alpha value is -3.16. The van der Waals surface area contributed by atoms with E-state index in [0.717, 1.165) is 43.5 Å². The number of likely N-dealkylation sites (tertiary alicyclic amines) is 2. The number of nitrogens with one attached hydrogen (secondary N) is 2. The Morgan fingerprint density at radius 3 is 2.55 bits per heavy atom. The number of anilines is 1. The fourth-order valence-electron chi connectivity index (χ4n) is 5.78. The molecule has 1 aromatic carbocycles. The predicted molar refractivity (Wildman–Crippen MR) is 123 cm³/mol. The van der Waals surface area contributed by atoms with Gasteiger partial charge >= 0.3 is 0 Å². The molecule has 1 spiro atoms. The van der Waals surface area contributed by atoms with Gasteiger partial charge in [-0.25, -0.2) is 0 Å². The minimum Gasteiger partial charge on any atom is -0.355 e. The van der Waals surface area contributed by atoms with Gasteiger partial charge in [0, 0.05) is 49.4 Å². The average molecular weight is 451 g/mol. The second-order valence-electron chi connectivity index (χ2n) is 9.63. The first-order valence-electron chi connectivity index (χ1n) is 11.9. The van der Waals surface area contributed by atoms with Crippen LogP contribution in [0.3, 0.4) is 0 Å². The van der Waals surface area contributed by atoms with E-state index in [2.05, 4.69) is 10.6 Å². The Morgan fingerprint density at radius 1 is 1.00 bits per heavy atom. The second-order valence-corrected chi connectivity index (χ2v) is 9.63. The number of fused-ring (bicyclic) bond motifs is 1. The number of nitrogens with zero attached hydrogens (tertiary/aromatic N) is 2. The van der Waals surface area contributed by atoms with Gasteiger partial charge in [-0.2, -0.15) is 0 Å². The highest BCUT2D eigenvalue weighted by molar-refractivity contribution is 6.08. The number of carbonyl (C=O) groups excluding carboxylic acids is 4. The number of carbonyl (C=O) groups is 4. The van der Waals surface area contributed by atoms with Crippen LogP contribution in [0, 0.1) is 5.92 Å². The molecular formula is C25H30N4O4. The standard InChI is InChI=1S/C25H30N4O4/c30-21-7-6-18(16-26-21)24(33)29-11-3-8-25(29)9-12-28(13-10-25)23(32)19-14-17-4-1-2-5-20(17)27-22(31)15-19/h1-2,4-5,14,18H,3,6-13,15-16H2,(H,26,30)(H,27,31). The summed E-state index contributed by atoms with van der Waals surface area (Å²) in [5.41, 5.74) is 1.87. The van der Waals surface area contributed by atoms with Crippen LogP contribution in [0.1, 0.15) is 50.5 Å². The minimum atomic E-state index is -0.197. The van der Waals surface area contributed by atoms with Crippen molar-refractivity contribution in [3.63, 3.8) is 0 Å². The average Bonchev–Trinajstić information content (AvgIpc) is 3.13. The quantitative estimate of drug-likeness (QED) is 0.719. The number of amides is 4. The molecule has 3 saturated heterocycles. The highest BCUT2D eigenvalue weighted by Gasteiger charge is 2.47. The second kappa shape index (κ2) is 8.65. The summed E-state index contributed by atoms with van der Waals surface area (Å²) in [5.74, 6) is -0.257. The molecule has 4 heterocycles. The number of benzene rings is 1. The van der Waals surface area contributed by atoms with Crippen molar-refractivity contribution in [1.29, 1.82) is 0 Å². The van der Waals surface area contributed by atoms with E-state index < -0.39 is 0 Å². The van der Waals surface area contributed by atoms with Crippen LogP contribution in [0.2, 0.25) is 0 Å². The van der Waals surface area contributed by atoms with Crippen LogP contribution in [0.25, 0.3) is 6.08 Å². The monoisotopic (exact) mass is 450 g/mol. The van der Waals surface area contributed by atoms with E-state index in [1.54, 1.807) is 0 Å². The molecule has 5 rings (SSSR count). The molecule has 4 aliphatic heterocycles. The van der Waals surface area contributed by atoms with Gasteiger partial charge in [0.05, 0.1) is 12.3 Å². The van der Waals surface area contributed by atoms with Crippen LogP contribution in [0.15, 0.2) is 29.8 Å². The van der Waals surface area contributed by atoms with Crippen LogP contribution in [0.5, 0.6) is 0 Å². The first-order chi connectivity index (χ1) is 15.9. The van der Waals surface area contributed by atoms with Crippen LogP contribution in [-0.2, 0) is 19.2 Å². The Labute approximate surface area is 193 Å². The number of hydrogen-bond donors (Lipinski definition) is 2. The summed E-state index contributed by atoms with van der Waals surface area (Å²) in [6.07, 6.45) is 6.33. The van der Waals surface area contributed by atoms with Gasteiger partial charge in [0.15, 0.2) is 0 Å². The SMILES string of the molecule is O=C1CCC(C(=O)N2CCCC23CCN(C(=O)C2=Cc4ccccc4NC(=O)C2)CC3)CN1. The molecule has 8 nitrogen and oxygen atoms in total. The lowest BCUT2D eigenvalue weighted by atomic mass is 9.83. The van der Waals surface area contributed by atoms with Crippen LogP contribution >= 0.6 is 0 Å². The summed E-state index contributed by atoms with van der Waals surface area (Å²) in [7, 11) is 0. The van der Waals surface area contributed by atoms with Crippen molar-refractivity contribution in [1.82, 2.24) is 15.1 Å². The van der Waals surface area contributed by atoms with Gasteiger partial charge < -0.3 is 20.4 Å². The van der Waals surface area contributed by atoms with E-state index in [0.29, 0.717) is 38.0 Å². The lowest BCUT2D eigenvalue weighted by molar-refractivity contribution is -0.144. The first-order valence-corrected chi connectivity index (χ1v) is 11.9. The number of piperidine rings is 2. The number of rotatable bonds is 2. The van der Waals surface area contributed by atoms with Gasteiger partial charge in [0.1, 0.15) is 0 Å². The number of hydrogen-bond acceptors (Lipinski definition) is 4. The largest absolute Gasteiger partial charge is 0.355 e. The lowest BCUT2D eigenvalue weighted by Crippen LogP contribution is -2.57. The highest BCUT2D eigenvalue weighted by Crippen LogP contribution is 2.40.